The topological polar surface area (TPSA) is 54.4 Å². The Morgan fingerprint density at radius 1 is 1.29 bits per heavy atom. The molecule has 3 fully saturated rings. The van der Waals surface area contributed by atoms with E-state index in [2.05, 4.69) is 19.9 Å². The van der Waals surface area contributed by atoms with E-state index >= 15 is 0 Å². The highest BCUT2D eigenvalue weighted by Crippen LogP contribution is 2.65. The van der Waals surface area contributed by atoms with Crippen LogP contribution in [-0.4, -0.2) is 22.8 Å². The van der Waals surface area contributed by atoms with E-state index < -0.39 is 0 Å². The van der Waals surface area contributed by atoms with Crippen LogP contribution in [0.1, 0.15) is 52.9 Å². The number of aliphatic hydroxyl groups is 1. The van der Waals surface area contributed by atoms with Crippen molar-refractivity contribution >= 4 is 11.6 Å². The van der Waals surface area contributed by atoms with E-state index in [4.69, 9.17) is 0 Å². The van der Waals surface area contributed by atoms with Crippen molar-refractivity contribution in [1.82, 2.24) is 0 Å². The lowest BCUT2D eigenvalue weighted by Gasteiger charge is -2.57. The summed E-state index contributed by atoms with van der Waals surface area (Å²) in [7, 11) is 0. The standard InChI is InChI=1S/C21H28O3/c1-12(22)17-11-18(24)19-15-5-4-13-10-14(23)6-8-20(13,2)16(15)7-9-21(17,19)3/h6,8,10,15-19,24H,4-5,7,9,11H2,1-3H3/t15-,16+,17-,18?,19-,20+,21-/m1/s1. The molecule has 3 heteroatoms. The lowest BCUT2D eigenvalue weighted by molar-refractivity contribution is -0.128. The van der Waals surface area contributed by atoms with Gasteiger partial charge in [-0.1, -0.05) is 25.5 Å². The maximum Gasteiger partial charge on any atom is 0.178 e. The molecule has 0 amide bonds. The Morgan fingerprint density at radius 3 is 2.75 bits per heavy atom. The van der Waals surface area contributed by atoms with Gasteiger partial charge in [-0.25, -0.2) is 0 Å². The monoisotopic (exact) mass is 328 g/mol. The van der Waals surface area contributed by atoms with Crippen LogP contribution in [-0.2, 0) is 9.59 Å². The van der Waals surface area contributed by atoms with Crippen LogP contribution in [0.2, 0.25) is 0 Å². The summed E-state index contributed by atoms with van der Waals surface area (Å²) >= 11 is 0. The van der Waals surface area contributed by atoms with Crippen LogP contribution in [0, 0.1) is 34.5 Å². The Kier molecular flexibility index (Phi) is 3.48. The molecule has 1 unspecified atom stereocenters. The number of carbonyl (C=O) groups is 2. The third-order valence-electron chi connectivity index (χ3n) is 8.03. The first kappa shape index (κ1) is 16.3. The number of allylic oxidation sites excluding steroid dienone is 4. The van der Waals surface area contributed by atoms with Gasteiger partial charge in [-0.3, -0.25) is 9.59 Å². The number of hydrogen-bond acceptors (Lipinski definition) is 3. The van der Waals surface area contributed by atoms with E-state index in [-0.39, 0.29) is 40.3 Å². The van der Waals surface area contributed by atoms with Crippen molar-refractivity contribution in [3.63, 3.8) is 0 Å². The quantitative estimate of drug-likeness (QED) is 0.802. The zero-order valence-corrected chi connectivity index (χ0v) is 14.9. The summed E-state index contributed by atoms with van der Waals surface area (Å²) in [5.74, 6) is 1.49. The van der Waals surface area contributed by atoms with Crippen molar-refractivity contribution in [2.45, 2.75) is 59.0 Å². The average molecular weight is 328 g/mol. The predicted octanol–water partition coefficient (Wildman–Crippen LogP) is 3.47. The van der Waals surface area contributed by atoms with Gasteiger partial charge < -0.3 is 5.11 Å². The van der Waals surface area contributed by atoms with Gasteiger partial charge in [0.15, 0.2) is 5.78 Å². The summed E-state index contributed by atoms with van der Waals surface area (Å²) in [6.45, 7) is 6.20. The van der Waals surface area contributed by atoms with Crippen LogP contribution in [0.3, 0.4) is 0 Å². The third kappa shape index (κ3) is 2.00. The van der Waals surface area contributed by atoms with Gasteiger partial charge in [0.2, 0.25) is 0 Å². The second-order valence-corrected chi connectivity index (χ2v) is 9.03. The van der Waals surface area contributed by atoms with Gasteiger partial charge in [0, 0.05) is 11.3 Å². The lowest BCUT2D eigenvalue weighted by atomic mass is 9.47. The first-order valence-electron chi connectivity index (χ1n) is 9.40. The molecule has 1 N–H and O–H groups in total. The molecule has 0 aromatic carbocycles. The van der Waals surface area contributed by atoms with Crippen molar-refractivity contribution in [3.8, 4) is 0 Å². The van der Waals surface area contributed by atoms with Crippen molar-refractivity contribution < 1.29 is 14.7 Å². The number of aliphatic hydroxyl groups excluding tert-OH is 1. The second kappa shape index (κ2) is 5.14. The number of Topliss-reactive ketones (excluding diaryl/α,β-unsaturated/α-hetero) is 1. The molecule has 0 bridgehead atoms. The first-order chi connectivity index (χ1) is 11.3. The fourth-order valence-corrected chi connectivity index (χ4v) is 6.89. The van der Waals surface area contributed by atoms with Gasteiger partial charge in [-0.15, -0.1) is 0 Å². The summed E-state index contributed by atoms with van der Waals surface area (Å²) in [5, 5.41) is 10.8. The molecule has 3 saturated carbocycles. The SMILES string of the molecule is CC(=O)[C@H]1CC(O)[C@H]2[C@@H]3CCC4=CC(=O)C=C[C@]4(C)[C@H]3CC[C@]12C. The van der Waals surface area contributed by atoms with E-state index in [9.17, 15) is 14.7 Å². The maximum atomic E-state index is 12.2. The zero-order chi connectivity index (χ0) is 17.3. The first-order valence-corrected chi connectivity index (χ1v) is 9.40. The van der Waals surface area contributed by atoms with Gasteiger partial charge in [0.25, 0.3) is 0 Å². The van der Waals surface area contributed by atoms with Crippen molar-refractivity contribution in [1.29, 1.82) is 0 Å². The van der Waals surface area contributed by atoms with Crippen LogP contribution in [0.5, 0.6) is 0 Å². The van der Waals surface area contributed by atoms with Crippen LogP contribution >= 0.6 is 0 Å². The largest absolute Gasteiger partial charge is 0.393 e. The molecule has 0 radical (unpaired) electrons. The lowest BCUT2D eigenvalue weighted by Crippen LogP contribution is -2.52. The Morgan fingerprint density at radius 2 is 2.04 bits per heavy atom. The molecule has 4 rings (SSSR count). The molecule has 0 heterocycles. The molecule has 130 valence electrons. The molecular weight excluding hydrogens is 300 g/mol. The van der Waals surface area contributed by atoms with Gasteiger partial charge in [0.05, 0.1) is 6.10 Å². The van der Waals surface area contributed by atoms with E-state index in [1.165, 1.54) is 5.57 Å². The molecule has 0 saturated heterocycles. The van der Waals surface area contributed by atoms with E-state index in [0.717, 1.165) is 25.7 Å². The number of hydrogen-bond donors (Lipinski definition) is 1. The normalized spacial score (nSPS) is 49.9. The van der Waals surface area contributed by atoms with E-state index in [0.29, 0.717) is 18.3 Å². The Labute approximate surface area is 144 Å². The molecule has 0 aromatic heterocycles. The van der Waals surface area contributed by atoms with Gasteiger partial charge in [0.1, 0.15) is 5.78 Å². The second-order valence-electron chi connectivity index (χ2n) is 9.03. The molecule has 24 heavy (non-hydrogen) atoms. The van der Waals surface area contributed by atoms with Crippen LogP contribution in [0.15, 0.2) is 23.8 Å². The van der Waals surface area contributed by atoms with E-state index in [1.807, 2.05) is 6.08 Å². The van der Waals surface area contributed by atoms with Gasteiger partial charge in [-0.05, 0) is 74.3 Å². The minimum atomic E-state index is -0.361. The average Bonchev–Trinajstić information content (AvgIpc) is 2.80. The molecule has 0 aliphatic heterocycles. The Hall–Kier alpha value is -1.22. The van der Waals surface area contributed by atoms with Crippen molar-refractivity contribution in [3.05, 3.63) is 23.8 Å². The maximum absolute atomic E-state index is 12.2. The molecule has 3 nitrogen and oxygen atoms in total. The Balaban J connectivity index is 1.72. The van der Waals surface area contributed by atoms with Crippen LogP contribution in [0.25, 0.3) is 0 Å². The number of fused-ring (bicyclic) bond motifs is 5. The third-order valence-corrected chi connectivity index (χ3v) is 8.03. The highest BCUT2D eigenvalue weighted by molar-refractivity contribution is 6.01. The Bertz CT molecular complexity index is 660. The fraction of sp³-hybridized carbons (Fsp3) is 0.714. The zero-order valence-electron chi connectivity index (χ0n) is 14.9. The van der Waals surface area contributed by atoms with E-state index in [1.54, 1.807) is 13.0 Å². The van der Waals surface area contributed by atoms with Gasteiger partial charge in [-0.2, -0.15) is 0 Å². The number of rotatable bonds is 1. The van der Waals surface area contributed by atoms with Gasteiger partial charge >= 0.3 is 0 Å². The van der Waals surface area contributed by atoms with Crippen molar-refractivity contribution in [2.24, 2.45) is 34.5 Å². The molecule has 4 aliphatic rings. The highest BCUT2D eigenvalue weighted by Gasteiger charge is 2.62. The highest BCUT2D eigenvalue weighted by atomic mass is 16.3. The number of carbonyl (C=O) groups excluding carboxylic acids is 2. The molecule has 4 aliphatic carbocycles. The molecule has 7 atom stereocenters. The summed E-state index contributed by atoms with van der Waals surface area (Å²) in [6, 6.07) is 0. The van der Waals surface area contributed by atoms with Crippen LogP contribution < -0.4 is 0 Å². The summed E-state index contributed by atoms with van der Waals surface area (Å²) in [5.41, 5.74) is 1.17. The molecular formula is C21H28O3. The smallest absolute Gasteiger partial charge is 0.178 e. The van der Waals surface area contributed by atoms with Crippen LogP contribution in [0.4, 0.5) is 0 Å². The summed E-state index contributed by atoms with van der Waals surface area (Å²) in [6.07, 6.45) is 10.0. The summed E-state index contributed by atoms with van der Waals surface area (Å²) < 4.78 is 0. The fourth-order valence-electron chi connectivity index (χ4n) is 6.89. The minimum Gasteiger partial charge on any atom is -0.393 e. The predicted molar refractivity (Wildman–Crippen MR) is 92.2 cm³/mol. The van der Waals surface area contributed by atoms with Crippen molar-refractivity contribution in [2.75, 3.05) is 0 Å². The minimum absolute atomic E-state index is 0.00618. The molecule has 0 spiro atoms. The summed E-state index contributed by atoms with van der Waals surface area (Å²) in [4.78, 5) is 24.0. The number of ketones is 2. The molecule has 0 aromatic rings.